The van der Waals surface area contributed by atoms with E-state index in [1.165, 1.54) is 0 Å². The molecule has 0 bridgehead atoms. The second-order valence-corrected chi connectivity index (χ2v) is 9.24. The van der Waals surface area contributed by atoms with Crippen LogP contribution in [0.15, 0.2) is 36.4 Å². The topological polar surface area (TPSA) is 66.9 Å². The van der Waals surface area contributed by atoms with E-state index in [1.807, 2.05) is 43.3 Å². The van der Waals surface area contributed by atoms with Crippen molar-refractivity contribution in [2.24, 2.45) is 0 Å². The zero-order valence-corrected chi connectivity index (χ0v) is 16.2. The van der Waals surface area contributed by atoms with Crippen molar-refractivity contribution in [1.29, 1.82) is 0 Å². The van der Waals surface area contributed by atoms with Gasteiger partial charge in [0.15, 0.2) is 0 Å². The third-order valence-corrected chi connectivity index (χ3v) is 7.63. The third-order valence-electron chi connectivity index (χ3n) is 5.24. The Balaban J connectivity index is 1.59. The highest BCUT2D eigenvalue weighted by Crippen LogP contribution is 2.33. The average molecular weight is 388 g/mol. The van der Waals surface area contributed by atoms with Gasteiger partial charge in [-0.3, -0.25) is 4.79 Å². The second kappa shape index (κ2) is 7.13. The molecule has 1 saturated carbocycles. The molecule has 4 rings (SSSR count). The number of amides is 1. The first-order valence-corrected chi connectivity index (χ1v) is 11.0. The normalized spacial score (nSPS) is 18.6. The summed E-state index contributed by atoms with van der Waals surface area (Å²) in [5.41, 5.74) is 0.563. The van der Waals surface area contributed by atoms with E-state index in [2.05, 4.69) is 0 Å². The van der Waals surface area contributed by atoms with Gasteiger partial charge in [-0.2, -0.15) is 4.31 Å². The molecule has 0 unspecified atom stereocenters. The lowest BCUT2D eigenvalue weighted by Crippen LogP contribution is -2.51. The molecular formula is C20H24N2O4S. The Morgan fingerprint density at radius 3 is 2.44 bits per heavy atom. The molecule has 0 aromatic heterocycles. The van der Waals surface area contributed by atoms with Crippen LogP contribution in [0.1, 0.15) is 30.1 Å². The molecule has 2 fully saturated rings. The fraction of sp³-hybridized carbons (Fsp3) is 0.450. The maximum Gasteiger partial charge on any atom is 0.258 e. The van der Waals surface area contributed by atoms with Crippen LogP contribution in [0.3, 0.4) is 0 Å². The molecule has 0 atom stereocenters. The van der Waals surface area contributed by atoms with Gasteiger partial charge in [0.2, 0.25) is 10.0 Å². The minimum atomic E-state index is -3.18. The Kier molecular flexibility index (Phi) is 4.82. The zero-order valence-electron chi connectivity index (χ0n) is 15.4. The number of hydrogen-bond acceptors (Lipinski definition) is 4. The maximum atomic E-state index is 13.3. The van der Waals surface area contributed by atoms with Crippen LogP contribution >= 0.6 is 0 Å². The minimum absolute atomic E-state index is 0.0984. The predicted molar refractivity (Wildman–Crippen MR) is 105 cm³/mol. The Labute approximate surface area is 159 Å². The molecule has 2 aromatic carbocycles. The summed E-state index contributed by atoms with van der Waals surface area (Å²) in [6.07, 6.45) is 1.52. The van der Waals surface area contributed by atoms with Crippen LogP contribution in [0.25, 0.3) is 10.8 Å². The van der Waals surface area contributed by atoms with Crippen molar-refractivity contribution in [1.82, 2.24) is 9.21 Å². The van der Waals surface area contributed by atoms with Crippen LogP contribution in [0, 0.1) is 0 Å². The van der Waals surface area contributed by atoms with Gasteiger partial charge in [-0.15, -0.1) is 0 Å². The van der Waals surface area contributed by atoms with E-state index in [-0.39, 0.29) is 11.2 Å². The van der Waals surface area contributed by atoms with Gasteiger partial charge in [-0.1, -0.05) is 30.3 Å². The summed E-state index contributed by atoms with van der Waals surface area (Å²) in [6, 6.07) is 11.6. The van der Waals surface area contributed by atoms with E-state index in [9.17, 15) is 13.2 Å². The number of benzene rings is 2. The molecule has 2 aliphatic rings. The standard InChI is InChI=1S/C20H24N2O4S/c1-2-26-18-10-7-15-5-3-4-6-17(15)19(18)20(23)21-11-13-22(14-12-21)27(24,25)16-8-9-16/h3-7,10,16H,2,8-9,11-14H2,1H3. The summed E-state index contributed by atoms with van der Waals surface area (Å²) in [5, 5.41) is 1.64. The molecule has 1 aliphatic carbocycles. The van der Waals surface area contributed by atoms with Crippen molar-refractivity contribution >= 4 is 26.7 Å². The number of ether oxygens (including phenoxy) is 1. The lowest BCUT2D eigenvalue weighted by atomic mass is 10.0. The van der Waals surface area contributed by atoms with Crippen molar-refractivity contribution in [3.05, 3.63) is 42.0 Å². The molecular weight excluding hydrogens is 364 g/mol. The fourth-order valence-corrected chi connectivity index (χ4v) is 5.45. The molecule has 1 heterocycles. The number of rotatable bonds is 5. The zero-order chi connectivity index (χ0) is 19.0. The summed E-state index contributed by atoms with van der Waals surface area (Å²) in [6.45, 7) is 3.90. The van der Waals surface area contributed by atoms with E-state index >= 15 is 0 Å². The quantitative estimate of drug-likeness (QED) is 0.789. The smallest absolute Gasteiger partial charge is 0.258 e. The number of carbonyl (C=O) groups excluding carboxylic acids is 1. The first-order valence-electron chi connectivity index (χ1n) is 9.45. The SMILES string of the molecule is CCOc1ccc2ccccc2c1C(=O)N1CCN(S(=O)(=O)C2CC2)CC1. The van der Waals surface area contributed by atoms with Gasteiger partial charge >= 0.3 is 0 Å². The fourth-order valence-electron chi connectivity index (χ4n) is 3.63. The monoisotopic (exact) mass is 388 g/mol. The molecule has 7 heteroatoms. The number of hydrogen-bond donors (Lipinski definition) is 0. The van der Waals surface area contributed by atoms with Crippen LogP contribution in [-0.2, 0) is 10.0 Å². The van der Waals surface area contributed by atoms with E-state index in [1.54, 1.807) is 9.21 Å². The van der Waals surface area contributed by atoms with Crippen molar-refractivity contribution in [2.75, 3.05) is 32.8 Å². The van der Waals surface area contributed by atoms with Crippen LogP contribution in [0.2, 0.25) is 0 Å². The van der Waals surface area contributed by atoms with Gasteiger partial charge in [0.25, 0.3) is 5.91 Å². The summed E-state index contributed by atoms with van der Waals surface area (Å²) >= 11 is 0. The first-order chi connectivity index (χ1) is 13.0. The Bertz CT molecular complexity index is 961. The van der Waals surface area contributed by atoms with E-state index < -0.39 is 10.0 Å². The molecule has 2 aromatic rings. The van der Waals surface area contributed by atoms with Gasteiger partial charge in [0.1, 0.15) is 5.75 Å². The Hall–Kier alpha value is -2.12. The van der Waals surface area contributed by atoms with Crippen molar-refractivity contribution in [3.8, 4) is 5.75 Å². The Morgan fingerprint density at radius 1 is 1.07 bits per heavy atom. The third kappa shape index (κ3) is 3.41. The lowest BCUT2D eigenvalue weighted by Gasteiger charge is -2.34. The maximum absolute atomic E-state index is 13.3. The largest absolute Gasteiger partial charge is 0.493 e. The molecule has 0 N–H and O–H groups in total. The van der Waals surface area contributed by atoms with E-state index in [0.717, 1.165) is 23.6 Å². The summed E-state index contributed by atoms with van der Waals surface area (Å²) in [7, 11) is -3.18. The summed E-state index contributed by atoms with van der Waals surface area (Å²) < 4.78 is 32.1. The molecule has 1 amide bonds. The van der Waals surface area contributed by atoms with Crippen LogP contribution in [0.5, 0.6) is 5.75 Å². The van der Waals surface area contributed by atoms with Gasteiger partial charge < -0.3 is 9.64 Å². The molecule has 0 radical (unpaired) electrons. The van der Waals surface area contributed by atoms with E-state index in [4.69, 9.17) is 4.74 Å². The molecule has 27 heavy (non-hydrogen) atoms. The molecule has 1 saturated heterocycles. The van der Waals surface area contributed by atoms with Gasteiger partial charge in [0.05, 0.1) is 17.4 Å². The van der Waals surface area contributed by atoms with Gasteiger partial charge in [0, 0.05) is 26.2 Å². The first kappa shape index (κ1) is 18.3. The minimum Gasteiger partial charge on any atom is -0.493 e. The number of piperazine rings is 1. The van der Waals surface area contributed by atoms with Crippen molar-refractivity contribution < 1.29 is 17.9 Å². The number of carbonyl (C=O) groups is 1. The molecule has 6 nitrogen and oxygen atoms in total. The van der Waals surface area contributed by atoms with Crippen LogP contribution in [-0.4, -0.2) is 61.6 Å². The molecule has 144 valence electrons. The highest BCUT2D eigenvalue weighted by atomic mass is 32.2. The molecule has 0 spiro atoms. The summed E-state index contributed by atoms with van der Waals surface area (Å²) in [5.74, 6) is 0.480. The highest BCUT2D eigenvalue weighted by Gasteiger charge is 2.41. The van der Waals surface area contributed by atoms with E-state index in [0.29, 0.717) is 44.1 Å². The van der Waals surface area contributed by atoms with Crippen molar-refractivity contribution in [2.45, 2.75) is 25.0 Å². The molecule has 1 aliphatic heterocycles. The second-order valence-electron chi connectivity index (χ2n) is 7.03. The predicted octanol–water partition coefficient (Wildman–Crippen LogP) is 2.49. The lowest BCUT2D eigenvalue weighted by molar-refractivity contribution is 0.0696. The van der Waals surface area contributed by atoms with Gasteiger partial charge in [-0.25, -0.2) is 8.42 Å². The summed E-state index contributed by atoms with van der Waals surface area (Å²) in [4.78, 5) is 15.0. The van der Waals surface area contributed by atoms with Crippen LogP contribution in [0.4, 0.5) is 0 Å². The number of nitrogens with zero attached hydrogens (tertiary/aromatic N) is 2. The van der Waals surface area contributed by atoms with Crippen LogP contribution < -0.4 is 4.74 Å². The number of fused-ring (bicyclic) bond motifs is 1. The number of sulfonamides is 1. The highest BCUT2D eigenvalue weighted by molar-refractivity contribution is 7.90. The van der Waals surface area contributed by atoms with Gasteiger partial charge in [-0.05, 0) is 36.6 Å². The van der Waals surface area contributed by atoms with Crippen molar-refractivity contribution in [3.63, 3.8) is 0 Å². The average Bonchev–Trinajstić information content (AvgIpc) is 3.53. The Morgan fingerprint density at radius 2 is 1.78 bits per heavy atom.